The second-order valence-corrected chi connectivity index (χ2v) is 9.86. The van der Waals surface area contributed by atoms with Gasteiger partial charge in [-0.05, 0) is 68.7 Å². The van der Waals surface area contributed by atoms with E-state index in [1.165, 1.54) is 0 Å². The van der Waals surface area contributed by atoms with Gasteiger partial charge in [0.15, 0.2) is 0 Å². The number of amides is 2. The number of carbonyl (C=O) groups is 2. The number of thioether (sulfide) groups is 1. The minimum Gasteiger partial charge on any atom is -0.346 e. The Morgan fingerprint density at radius 2 is 1.84 bits per heavy atom. The Hall–Kier alpha value is -2.64. The molecule has 1 saturated carbocycles. The lowest BCUT2D eigenvalue weighted by atomic mass is 10.1. The molecule has 7 heteroatoms. The van der Waals surface area contributed by atoms with Crippen molar-refractivity contribution in [3.8, 4) is 0 Å². The van der Waals surface area contributed by atoms with Crippen LogP contribution in [0.15, 0.2) is 58.8 Å². The van der Waals surface area contributed by atoms with Crippen molar-refractivity contribution >= 4 is 40.6 Å². The molecule has 0 saturated heterocycles. The van der Waals surface area contributed by atoms with Gasteiger partial charge in [0, 0.05) is 33.2 Å². The number of carbonyl (C=O) groups excluding carboxylic acids is 2. The number of anilines is 1. The third-order valence-electron chi connectivity index (χ3n) is 5.14. The fourth-order valence-electron chi connectivity index (χ4n) is 3.14. The first kappa shape index (κ1) is 21.6. The second-order valence-electron chi connectivity index (χ2n) is 7.75. The van der Waals surface area contributed by atoms with Crippen LogP contribution in [0.25, 0.3) is 0 Å². The van der Waals surface area contributed by atoms with Crippen molar-refractivity contribution in [1.29, 1.82) is 0 Å². The van der Waals surface area contributed by atoms with Crippen molar-refractivity contribution < 1.29 is 9.59 Å². The second kappa shape index (κ2) is 9.66. The van der Waals surface area contributed by atoms with Crippen LogP contribution >= 0.6 is 23.1 Å². The Labute approximate surface area is 190 Å². The molecular formula is C24H25N3O2S2. The van der Waals surface area contributed by atoms with Crippen LogP contribution in [-0.2, 0) is 10.5 Å². The van der Waals surface area contributed by atoms with Crippen LogP contribution in [0, 0.1) is 12.8 Å². The molecule has 3 aromatic rings. The molecular weight excluding hydrogens is 426 g/mol. The van der Waals surface area contributed by atoms with Gasteiger partial charge in [0.1, 0.15) is 0 Å². The quantitative estimate of drug-likeness (QED) is 0.438. The van der Waals surface area contributed by atoms with Crippen molar-refractivity contribution in [2.24, 2.45) is 5.92 Å². The van der Waals surface area contributed by atoms with E-state index in [9.17, 15) is 9.59 Å². The number of thiazole rings is 1. The van der Waals surface area contributed by atoms with Gasteiger partial charge in [0.05, 0.1) is 16.7 Å². The first-order valence-corrected chi connectivity index (χ1v) is 12.2. The van der Waals surface area contributed by atoms with Gasteiger partial charge in [-0.1, -0.05) is 12.1 Å². The Morgan fingerprint density at radius 3 is 2.45 bits per heavy atom. The molecule has 1 heterocycles. The molecule has 5 nitrogen and oxygen atoms in total. The van der Waals surface area contributed by atoms with Crippen LogP contribution in [0.2, 0.25) is 0 Å². The predicted molar refractivity (Wildman–Crippen MR) is 127 cm³/mol. The van der Waals surface area contributed by atoms with Crippen molar-refractivity contribution in [3.63, 3.8) is 0 Å². The third kappa shape index (κ3) is 5.95. The van der Waals surface area contributed by atoms with Gasteiger partial charge in [0.25, 0.3) is 5.91 Å². The van der Waals surface area contributed by atoms with Crippen LogP contribution in [-0.4, -0.2) is 16.8 Å². The number of hydrogen-bond donors (Lipinski definition) is 2. The summed E-state index contributed by atoms with van der Waals surface area (Å²) >= 11 is 3.37. The zero-order chi connectivity index (χ0) is 21.8. The van der Waals surface area contributed by atoms with Gasteiger partial charge in [0.2, 0.25) is 5.91 Å². The maximum absolute atomic E-state index is 12.6. The Morgan fingerprint density at radius 1 is 1.13 bits per heavy atom. The van der Waals surface area contributed by atoms with Crippen LogP contribution in [0.4, 0.5) is 5.69 Å². The molecule has 31 heavy (non-hydrogen) atoms. The minimum atomic E-state index is -0.136. The van der Waals surface area contributed by atoms with Gasteiger partial charge in [-0.25, -0.2) is 4.98 Å². The number of rotatable bonds is 8. The predicted octanol–water partition coefficient (Wildman–Crippen LogP) is 5.58. The topological polar surface area (TPSA) is 71.1 Å². The first-order chi connectivity index (χ1) is 15.0. The summed E-state index contributed by atoms with van der Waals surface area (Å²) in [7, 11) is 0. The number of aromatic nitrogens is 1. The fraction of sp³-hybridized carbons (Fsp3) is 0.292. The zero-order valence-electron chi connectivity index (χ0n) is 17.6. The summed E-state index contributed by atoms with van der Waals surface area (Å²) in [6.07, 6.45) is 1.97. The molecule has 0 bridgehead atoms. The van der Waals surface area contributed by atoms with Crippen molar-refractivity contribution in [1.82, 2.24) is 10.3 Å². The number of hydrogen-bond acceptors (Lipinski definition) is 5. The van der Waals surface area contributed by atoms with E-state index < -0.39 is 0 Å². The van der Waals surface area contributed by atoms with Crippen LogP contribution in [0.5, 0.6) is 0 Å². The number of aryl methyl sites for hydroxylation is 1. The third-order valence-corrected chi connectivity index (χ3v) is 7.01. The van der Waals surface area contributed by atoms with Crippen molar-refractivity contribution in [2.75, 3.05) is 5.32 Å². The molecule has 0 radical (unpaired) electrons. The normalized spacial score (nSPS) is 14.1. The number of nitrogens with zero attached hydrogens (tertiary/aromatic N) is 1. The molecule has 160 valence electrons. The van der Waals surface area contributed by atoms with Crippen molar-refractivity contribution in [3.05, 3.63) is 75.7 Å². The summed E-state index contributed by atoms with van der Waals surface area (Å²) in [4.78, 5) is 30.1. The van der Waals surface area contributed by atoms with E-state index in [1.807, 2.05) is 62.4 Å². The number of benzene rings is 2. The van der Waals surface area contributed by atoms with E-state index >= 15 is 0 Å². The standard InChI is InChI=1S/C24H25N3O2S2/c1-15(17-5-9-20(10-6-17)27-24(29)18-3-4-18)25-23(28)19-7-11-22(12-8-19)31-14-21-13-30-16(2)26-21/h5-13,15,18H,3-4,14H2,1-2H3,(H,25,28)(H,27,29). The monoisotopic (exact) mass is 451 g/mol. The van der Waals surface area contributed by atoms with Gasteiger partial charge < -0.3 is 10.6 Å². The lowest BCUT2D eigenvalue weighted by Gasteiger charge is -2.15. The minimum absolute atomic E-state index is 0.0948. The van der Waals surface area contributed by atoms with Gasteiger partial charge in [-0.2, -0.15) is 0 Å². The van der Waals surface area contributed by atoms with E-state index in [2.05, 4.69) is 21.0 Å². The van der Waals surface area contributed by atoms with Gasteiger partial charge >= 0.3 is 0 Å². The van der Waals surface area contributed by atoms with E-state index in [0.29, 0.717) is 5.56 Å². The lowest BCUT2D eigenvalue weighted by Crippen LogP contribution is -2.26. The largest absolute Gasteiger partial charge is 0.346 e. The molecule has 0 spiro atoms. The molecule has 1 unspecified atom stereocenters. The Bertz CT molecular complexity index is 1060. The molecule has 4 rings (SSSR count). The average molecular weight is 452 g/mol. The Balaban J connectivity index is 1.29. The summed E-state index contributed by atoms with van der Waals surface area (Å²) in [5.74, 6) is 0.992. The Kier molecular flexibility index (Phi) is 6.73. The van der Waals surface area contributed by atoms with E-state index in [4.69, 9.17) is 0 Å². The van der Waals surface area contributed by atoms with Gasteiger partial charge in [-0.15, -0.1) is 23.1 Å². The summed E-state index contributed by atoms with van der Waals surface area (Å²) in [5, 5.41) is 9.13. The summed E-state index contributed by atoms with van der Waals surface area (Å²) in [5.41, 5.74) is 3.50. The molecule has 1 atom stereocenters. The highest BCUT2D eigenvalue weighted by molar-refractivity contribution is 7.98. The van der Waals surface area contributed by atoms with Crippen molar-refractivity contribution in [2.45, 2.75) is 43.4 Å². The smallest absolute Gasteiger partial charge is 0.251 e. The van der Waals surface area contributed by atoms with Crippen LogP contribution < -0.4 is 10.6 Å². The molecule has 1 aromatic heterocycles. The molecule has 2 amide bonds. The van der Waals surface area contributed by atoms with Crippen LogP contribution in [0.3, 0.4) is 0 Å². The van der Waals surface area contributed by atoms with Gasteiger partial charge in [-0.3, -0.25) is 9.59 Å². The summed E-state index contributed by atoms with van der Waals surface area (Å²) in [6.45, 7) is 3.96. The SMILES string of the molecule is Cc1nc(CSc2ccc(C(=O)NC(C)c3ccc(NC(=O)C4CC4)cc3)cc2)cs1. The molecule has 1 aliphatic carbocycles. The van der Waals surface area contributed by atoms with E-state index in [1.54, 1.807) is 23.1 Å². The fourth-order valence-corrected chi connectivity index (χ4v) is 4.65. The molecule has 2 N–H and O–H groups in total. The average Bonchev–Trinajstić information content (AvgIpc) is 3.55. The van der Waals surface area contributed by atoms with E-state index in [0.717, 1.165) is 45.4 Å². The molecule has 2 aromatic carbocycles. The summed E-state index contributed by atoms with van der Waals surface area (Å²) < 4.78 is 0. The molecule has 1 aliphatic rings. The first-order valence-electron chi connectivity index (χ1n) is 10.3. The lowest BCUT2D eigenvalue weighted by molar-refractivity contribution is -0.117. The maximum atomic E-state index is 12.6. The highest BCUT2D eigenvalue weighted by atomic mass is 32.2. The molecule has 1 fully saturated rings. The maximum Gasteiger partial charge on any atom is 0.251 e. The zero-order valence-corrected chi connectivity index (χ0v) is 19.2. The van der Waals surface area contributed by atoms with E-state index in [-0.39, 0.29) is 23.8 Å². The molecule has 0 aliphatic heterocycles. The number of nitrogens with one attached hydrogen (secondary N) is 2. The summed E-state index contributed by atoms with van der Waals surface area (Å²) in [6, 6.07) is 15.2. The highest BCUT2D eigenvalue weighted by Gasteiger charge is 2.29. The highest BCUT2D eigenvalue weighted by Crippen LogP contribution is 2.30. The van der Waals surface area contributed by atoms with Crippen LogP contribution in [0.1, 0.15) is 52.4 Å².